The van der Waals surface area contributed by atoms with E-state index in [-0.39, 0.29) is 12.8 Å². The maximum Gasteiger partial charge on any atom is 0.248 e. The van der Waals surface area contributed by atoms with Crippen molar-refractivity contribution in [3.05, 3.63) is 40.5 Å². The van der Waals surface area contributed by atoms with Gasteiger partial charge in [0.05, 0.1) is 21.7 Å². The minimum atomic E-state index is -2.68. The third-order valence-corrected chi connectivity index (χ3v) is 6.82. The van der Waals surface area contributed by atoms with Crippen molar-refractivity contribution >= 4 is 44.2 Å². The summed E-state index contributed by atoms with van der Waals surface area (Å²) in [5.74, 6) is -3.16. The van der Waals surface area contributed by atoms with Gasteiger partial charge in [-0.05, 0) is 18.2 Å². The summed E-state index contributed by atoms with van der Waals surface area (Å²) in [6.07, 6.45) is 1.98. The van der Waals surface area contributed by atoms with E-state index in [0.717, 1.165) is 16.6 Å². The molecule has 5 rings (SSSR count). The molecule has 4 aromatic heterocycles. The Kier molecular flexibility index (Phi) is 3.94. The third-order valence-electron chi connectivity index (χ3n) is 5.13. The highest BCUT2D eigenvalue weighted by Crippen LogP contribution is 2.51. The third kappa shape index (κ3) is 2.87. The van der Waals surface area contributed by atoms with Gasteiger partial charge in [-0.3, -0.25) is 4.68 Å². The number of nitrogens with zero attached hydrogens (tertiary/aromatic N) is 4. The van der Waals surface area contributed by atoms with E-state index >= 15 is 0 Å². The molecule has 1 aliphatic rings. The number of aromatic nitrogens is 4. The van der Waals surface area contributed by atoms with Crippen molar-refractivity contribution in [2.24, 2.45) is 13.0 Å². The molecule has 1 aliphatic carbocycles. The fraction of sp³-hybridized carbons (Fsp3) is 0.316. The van der Waals surface area contributed by atoms with Gasteiger partial charge in [0.1, 0.15) is 4.83 Å². The number of hydrogen-bond donors (Lipinski definition) is 1. The molecule has 0 bridgehead atoms. The van der Waals surface area contributed by atoms with Crippen LogP contribution < -0.4 is 0 Å². The zero-order chi connectivity index (χ0) is 19.6. The number of pyridine rings is 2. The lowest BCUT2D eigenvalue weighted by Crippen LogP contribution is -2.38. The quantitative estimate of drug-likeness (QED) is 0.508. The van der Waals surface area contributed by atoms with Crippen molar-refractivity contribution in [1.29, 1.82) is 0 Å². The van der Waals surface area contributed by atoms with Crippen molar-refractivity contribution < 1.29 is 13.9 Å². The summed E-state index contributed by atoms with van der Waals surface area (Å²) in [6, 6.07) is 5.65. The summed E-state index contributed by atoms with van der Waals surface area (Å²) in [4.78, 5) is 10.2. The van der Waals surface area contributed by atoms with E-state index in [1.165, 1.54) is 11.3 Å². The molecule has 1 saturated carbocycles. The van der Waals surface area contributed by atoms with Crippen molar-refractivity contribution in [3.63, 3.8) is 0 Å². The lowest BCUT2D eigenvalue weighted by molar-refractivity contribution is -0.141. The normalized spacial score (nSPS) is 17.9. The number of rotatable bonds is 3. The first-order valence-corrected chi connectivity index (χ1v) is 9.95. The summed E-state index contributed by atoms with van der Waals surface area (Å²) in [5.41, 5.74) is 2.22. The molecule has 1 N–H and O–H groups in total. The van der Waals surface area contributed by atoms with Crippen LogP contribution in [-0.4, -0.2) is 30.8 Å². The van der Waals surface area contributed by atoms with Crippen molar-refractivity contribution in [2.75, 3.05) is 0 Å². The molecule has 0 radical (unpaired) electrons. The van der Waals surface area contributed by atoms with E-state index in [1.807, 2.05) is 31.4 Å². The van der Waals surface area contributed by atoms with Crippen molar-refractivity contribution in [3.8, 4) is 11.3 Å². The van der Waals surface area contributed by atoms with Gasteiger partial charge in [-0.1, -0.05) is 11.6 Å². The molecule has 0 spiro atoms. The second-order valence-electron chi connectivity index (χ2n) is 7.24. The summed E-state index contributed by atoms with van der Waals surface area (Å²) in [7, 11) is 1.84. The molecular formula is C19H15ClF2N4OS. The topological polar surface area (TPSA) is 63.8 Å². The zero-order valence-electron chi connectivity index (χ0n) is 14.7. The Morgan fingerprint density at radius 3 is 2.89 bits per heavy atom. The first-order chi connectivity index (χ1) is 13.3. The van der Waals surface area contributed by atoms with Crippen LogP contribution in [0.5, 0.6) is 0 Å². The molecule has 0 aromatic carbocycles. The van der Waals surface area contributed by atoms with Gasteiger partial charge in [-0.2, -0.15) is 5.10 Å². The largest absolute Gasteiger partial charge is 0.387 e. The Balaban J connectivity index is 1.52. The van der Waals surface area contributed by atoms with E-state index in [4.69, 9.17) is 11.6 Å². The van der Waals surface area contributed by atoms with Crippen LogP contribution in [0.2, 0.25) is 5.02 Å². The molecule has 28 heavy (non-hydrogen) atoms. The monoisotopic (exact) mass is 420 g/mol. The number of aliphatic hydroxyl groups is 1. The average molecular weight is 421 g/mol. The maximum atomic E-state index is 13.2. The minimum Gasteiger partial charge on any atom is -0.387 e. The molecular weight excluding hydrogens is 406 g/mol. The smallest absolute Gasteiger partial charge is 0.248 e. The van der Waals surface area contributed by atoms with Gasteiger partial charge in [0.25, 0.3) is 0 Å². The van der Waals surface area contributed by atoms with Crippen LogP contribution in [0.15, 0.2) is 30.6 Å². The molecule has 0 saturated heterocycles. The van der Waals surface area contributed by atoms with Gasteiger partial charge < -0.3 is 5.11 Å². The van der Waals surface area contributed by atoms with Gasteiger partial charge in [-0.15, -0.1) is 11.3 Å². The van der Waals surface area contributed by atoms with Crippen LogP contribution in [0, 0.1) is 5.92 Å². The number of hydrogen-bond acceptors (Lipinski definition) is 5. The molecule has 144 valence electrons. The summed E-state index contributed by atoms with van der Waals surface area (Å²) >= 11 is 7.68. The number of halogens is 3. The number of aryl methyl sites for hydroxylation is 1. The number of aliphatic hydroxyl groups excluding tert-OH is 1. The number of fused-ring (bicyclic) bond motifs is 2. The molecule has 4 aromatic rings. The first-order valence-electron chi connectivity index (χ1n) is 8.75. The molecule has 0 aliphatic heterocycles. The van der Waals surface area contributed by atoms with Gasteiger partial charge >= 0.3 is 0 Å². The molecule has 0 amide bonds. The van der Waals surface area contributed by atoms with Crippen LogP contribution in [0.25, 0.3) is 32.5 Å². The lowest BCUT2D eigenvalue weighted by Gasteiger charge is -2.37. The Morgan fingerprint density at radius 1 is 1.36 bits per heavy atom. The number of thiophene rings is 1. The highest BCUT2D eigenvalue weighted by atomic mass is 35.5. The highest BCUT2D eigenvalue weighted by Gasteiger charge is 2.49. The number of alkyl halides is 2. The van der Waals surface area contributed by atoms with Crippen LogP contribution in [0.3, 0.4) is 0 Å². The van der Waals surface area contributed by atoms with E-state index < -0.39 is 17.9 Å². The molecule has 4 heterocycles. The Bertz CT molecular complexity index is 1210. The molecule has 1 unspecified atom stereocenters. The van der Waals surface area contributed by atoms with Gasteiger partial charge in [-0.25, -0.2) is 18.7 Å². The fourth-order valence-corrected chi connectivity index (χ4v) is 5.22. The predicted octanol–water partition coefficient (Wildman–Crippen LogP) is 4.98. The van der Waals surface area contributed by atoms with Gasteiger partial charge in [0.15, 0.2) is 5.65 Å². The SMILES string of the molecule is Cn1cc2cc(-c3ccc4c(Cl)c(C(O)C5CC(F)(F)C5)sc4n3)cnc2n1. The summed E-state index contributed by atoms with van der Waals surface area (Å²) in [6.45, 7) is 0. The predicted molar refractivity (Wildman–Crippen MR) is 105 cm³/mol. The summed E-state index contributed by atoms with van der Waals surface area (Å²) < 4.78 is 28.0. The van der Waals surface area contributed by atoms with E-state index in [9.17, 15) is 13.9 Å². The van der Waals surface area contributed by atoms with Gasteiger partial charge in [0, 0.05) is 54.5 Å². The van der Waals surface area contributed by atoms with Crippen molar-refractivity contribution in [2.45, 2.75) is 24.9 Å². The van der Waals surface area contributed by atoms with Crippen LogP contribution >= 0.6 is 22.9 Å². The molecule has 1 atom stereocenters. The lowest BCUT2D eigenvalue weighted by atomic mass is 9.77. The Morgan fingerprint density at radius 2 is 2.14 bits per heavy atom. The van der Waals surface area contributed by atoms with E-state index in [2.05, 4.69) is 15.1 Å². The molecule has 1 fully saturated rings. The summed E-state index contributed by atoms with van der Waals surface area (Å²) in [5, 5.41) is 16.8. The Hall–Kier alpha value is -2.16. The maximum absolute atomic E-state index is 13.2. The van der Waals surface area contributed by atoms with Crippen LogP contribution in [-0.2, 0) is 7.05 Å². The Labute approximate surface area is 167 Å². The first kappa shape index (κ1) is 17.9. The highest BCUT2D eigenvalue weighted by molar-refractivity contribution is 7.19. The molecule has 9 heteroatoms. The second kappa shape index (κ2) is 6.17. The van der Waals surface area contributed by atoms with E-state index in [1.54, 1.807) is 10.9 Å². The van der Waals surface area contributed by atoms with Crippen molar-refractivity contribution in [1.82, 2.24) is 19.7 Å². The minimum absolute atomic E-state index is 0.311. The van der Waals surface area contributed by atoms with E-state index in [0.29, 0.717) is 25.8 Å². The fourth-order valence-electron chi connectivity index (χ4n) is 3.64. The standard InChI is InChI=1S/C19H15ClF2N4OS/c1-26-8-10-4-9(7-23-17(10)25-26)13-3-2-12-14(20)16(28-18(12)24-13)15(27)11-5-19(21,22)6-11/h2-4,7-8,11,15,27H,5-6H2,1H3. The van der Waals surface area contributed by atoms with Crippen LogP contribution in [0.4, 0.5) is 8.78 Å². The van der Waals surface area contributed by atoms with Crippen LogP contribution in [0.1, 0.15) is 23.8 Å². The zero-order valence-corrected chi connectivity index (χ0v) is 16.3. The molecule has 5 nitrogen and oxygen atoms in total. The second-order valence-corrected chi connectivity index (χ2v) is 8.65. The average Bonchev–Trinajstić information content (AvgIpc) is 3.17. The van der Waals surface area contributed by atoms with Gasteiger partial charge in [0.2, 0.25) is 5.92 Å².